The molecule has 0 aromatic heterocycles. The second-order valence-corrected chi connectivity index (χ2v) is 5.89. The summed E-state index contributed by atoms with van der Waals surface area (Å²) in [5.74, 6) is 3.74. The van der Waals surface area contributed by atoms with E-state index in [0.29, 0.717) is 4.75 Å². The van der Waals surface area contributed by atoms with Gasteiger partial charge in [0.15, 0.2) is 0 Å². The van der Waals surface area contributed by atoms with E-state index in [0.717, 1.165) is 23.7 Å². The molecule has 0 aromatic carbocycles. The van der Waals surface area contributed by atoms with Crippen molar-refractivity contribution in [3.8, 4) is 0 Å². The molecule has 4 unspecified atom stereocenters. The molecule has 2 fully saturated rings. The van der Waals surface area contributed by atoms with Crippen LogP contribution in [0, 0.1) is 23.7 Å². The Kier molecular flexibility index (Phi) is 1.98. The van der Waals surface area contributed by atoms with E-state index in [9.17, 15) is 0 Å². The van der Waals surface area contributed by atoms with Crippen molar-refractivity contribution in [1.29, 1.82) is 0 Å². The van der Waals surface area contributed by atoms with Gasteiger partial charge in [-0.05, 0) is 36.5 Å². The highest BCUT2D eigenvalue weighted by Crippen LogP contribution is 2.67. The van der Waals surface area contributed by atoms with E-state index in [2.05, 4.69) is 20.8 Å². The molecule has 2 rings (SSSR count). The Morgan fingerprint density at radius 1 is 1.50 bits per heavy atom. The first-order chi connectivity index (χ1) is 5.59. The molecule has 2 saturated carbocycles. The van der Waals surface area contributed by atoms with E-state index < -0.39 is 0 Å². The smallest absolute Gasteiger partial charge is 0.0194 e. The summed E-state index contributed by atoms with van der Waals surface area (Å²) in [7, 11) is 0. The van der Waals surface area contributed by atoms with E-state index in [4.69, 9.17) is 12.6 Å². The Morgan fingerprint density at radius 2 is 2.17 bits per heavy atom. The third-order valence-corrected chi connectivity index (χ3v) is 5.13. The van der Waals surface area contributed by atoms with Crippen LogP contribution in [0.1, 0.15) is 40.0 Å². The van der Waals surface area contributed by atoms with E-state index in [-0.39, 0.29) is 0 Å². The molecule has 0 aromatic rings. The van der Waals surface area contributed by atoms with Gasteiger partial charge in [0.1, 0.15) is 0 Å². The van der Waals surface area contributed by atoms with E-state index in [1.54, 1.807) is 0 Å². The molecule has 2 aliphatic rings. The minimum atomic E-state index is 0.467. The van der Waals surface area contributed by atoms with Crippen LogP contribution >= 0.6 is 12.6 Å². The Balaban J connectivity index is 1.98. The largest absolute Gasteiger partial charge is 0.172 e. The topological polar surface area (TPSA) is 0 Å². The summed E-state index contributed by atoms with van der Waals surface area (Å²) in [6.07, 6.45) is 4.22. The molecule has 0 nitrogen and oxygen atoms in total. The predicted molar refractivity (Wildman–Crippen MR) is 56.6 cm³/mol. The summed E-state index contributed by atoms with van der Waals surface area (Å²) < 4.78 is 0.467. The van der Waals surface area contributed by atoms with Crippen molar-refractivity contribution in [1.82, 2.24) is 0 Å². The number of hydrogen-bond acceptors (Lipinski definition) is 1. The van der Waals surface area contributed by atoms with Gasteiger partial charge in [0.25, 0.3) is 0 Å². The van der Waals surface area contributed by atoms with Gasteiger partial charge in [-0.2, -0.15) is 12.6 Å². The SMILES string of the molecule is CCC1CC2(S)C(C(C)C)CC12. The molecule has 1 heteroatoms. The third-order valence-electron chi connectivity index (χ3n) is 4.28. The average Bonchev–Trinajstić information content (AvgIpc) is 2.00. The fraction of sp³-hybridized carbons (Fsp3) is 1.00. The molecule has 0 bridgehead atoms. The summed E-state index contributed by atoms with van der Waals surface area (Å²) in [4.78, 5) is 0. The first-order valence-corrected chi connectivity index (χ1v) is 5.76. The van der Waals surface area contributed by atoms with Gasteiger partial charge in [0, 0.05) is 4.75 Å². The van der Waals surface area contributed by atoms with Gasteiger partial charge in [0.2, 0.25) is 0 Å². The van der Waals surface area contributed by atoms with Crippen LogP contribution in [0.25, 0.3) is 0 Å². The zero-order chi connectivity index (χ0) is 8.93. The van der Waals surface area contributed by atoms with E-state index >= 15 is 0 Å². The molecule has 12 heavy (non-hydrogen) atoms. The van der Waals surface area contributed by atoms with Crippen molar-refractivity contribution >= 4 is 12.6 Å². The van der Waals surface area contributed by atoms with Crippen molar-refractivity contribution in [3.63, 3.8) is 0 Å². The standard InChI is InChI=1S/C11H20S/c1-4-8-6-11(12)9(7(2)3)5-10(8)11/h7-10,12H,4-6H2,1-3H3. The molecule has 0 heterocycles. The quantitative estimate of drug-likeness (QED) is 0.625. The molecule has 0 saturated heterocycles. The Labute approximate surface area is 81.5 Å². The van der Waals surface area contributed by atoms with Crippen LogP contribution in [0.2, 0.25) is 0 Å². The Bertz CT molecular complexity index is 187. The fourth-order valence-electron chi connectivity index (χ4n) is 3.38. The summed E-state index contributed by atoms with van der Waals surface area (Å²) in [6, 6.07) is 0. The minimum Gasteiger partial charge on any atom is -0.172 e. The number of hydrogen-bond donors (Lipinski definition) is 1. The molecule has 70 valence electrons. The molecule has 0 radical (unpaired) electrons. The number of thiol groups is 1. The molecule has 0 spiro atoms. The zero-order valence-electron chi connectivity index (χ0n) is 8.38. The van der Waals surface area contributed by atoms with E-state index in [1.165, 1.54) is 19.3 Å². The van der Waals surface area contributed by atoms with E-state index in [1.807, 2.05) is 0 Å². The van der Waals surface area contributed by atoms with Crippen molar-refractivity contribution in [2.24, 2.45) is 23.7 Å². The lowest BCUT2D eigenvalue weighted by atomic mass is 9.44. The lowest BCUT2D eigenvalue weighted by Crippen LogP contribution is -2.65. The molecular formula is C11H20S. The van der Waals surface area contributed by atoms with Crippen molar-refractivity contribution in [3.05, 3.63) is 0 Å². The van der Waals surface area contributed by atoms with Crippen LogP contribution in [0.15, 0.2) is 0 Å². The first-order valence-electron chi connectivity index (χ1n) is 5.32. The van der Waals surface area contributed by atoms with Gasteiger partial charge in [-0.25, -0.2) is 0 Å². The lowest BCUT2D eigenvalue weighted by Gasteiger charge is -2.67. The number of fused-ring (bicyclic) bond motifs is 1. The third kappa shape index (κ3) is 0.921. The second-order valence-electron chi connectivity index (χ2n) is 5.06. The van der Waals surface area contributed by atoms with Crippen LogP contribution in [0.3, 0.4) is 0 Å². The van der Waals surface area contributed by atoms with Crippen LogP contribution in [-0.2, 0) is 0 Å². The lowest BCUT2D eigenvalue weighted by molar-refractivity contribution is -0.0737. The first kappa shape index (κ1) is 8.93. The summed E-state index contributed by atoms with van der Waals surface area (Å²) in [6.45, 7) is 7.01. The van der Waals surface area contributed by atoms with Gasteiger partial charge >= 0.3 is 0 Å². The maximum atomic E-state index is 4.87. The molecule has 2 aliphatic carbocycles. The predicted octanol–water partition coefficient (Wildman–Crippen LogP) is 3.38. The summed E-state index contributed by atoms with van der Waals surface area (Å²) >= 11 is 4.87. The summed E-state index contributed by atoms with van der Waals surface area (Å²) in [5.41, 5.74) is 0. The molecule has 0 amide bonds. The Morgan fingerprint density at radius 3 is 2.50 bits per heavy atom. The van der Waals surface area contributed by atoms with Gasteiger partial charge in [-0.1, -0.05) is 27.2 Å². The van der Waals surface area contributed by atoms with Crippen LogP contribution in [0.4, 0.5) is 0 Å². The van der Waals surface area contributed by atoms with Crippen LogP contribution < -0.4 is 0 Å². The second kappa shape index (κ2) is 2.67. The number of rotatable bonds is 2. The minimum absolute atomic E-state index is 0.467. The summed E-state index contributed by atoms with van der Waals surface area (Å²) in [5, 5.41) is 0. The molecule has 4 atom stereocenters. The van der Waals surface area contributed by atoms with Gasteiger partial charge < -0.3 is 0 Å². The van der Waals surface area contributed by atoms with Gasteiger partial charge in [-0.3, -0.25) is 0 Å². The average molecular weight is 184 g/mol. The highest BCUT2D eigenvalue weighted by molar-refractivity contribution is 7.82. The normalized spacial score (nSPS) is 51.2. The van der Waals surface area contributed by atoms with Crippen molar-refractivity contribution in [2.45, 2.75) is 44.8 Å². The Hall–Kier alpha value is 0.350. The highest BCUT2D eigenvalue weighted by atomic mass is 32.1. The highest BCUT2D eigenvalue weighted by Gasteiger charge is 2.63. The maximum absolute atomic E-state index is 4.87. The maximum Gasteiger partial charge on any atom is 0.0194 e. The van der Waals surface area contributed by atoms with Gasteiger partial charge in [-0.15, -0.1) is 0 Å². The van der Waals surface area contributed by atoms with Gasteiger partial charge in [0.05, 0.1) is 0 Å². The molecule has 0 N–H and O–H groups in total. The van der Waals surface area contributed by atoms with Crippen molar-refractivity contribution < 1.29 is 0 Å². The zero-order valence-corrected chi connectivity index (χ0v) is 9.27. The van der Waals surface area contributed by atoms with Crippen LogP contribution in [-0.4, -0.2) is 4.75 Å². The van der Waals surface area contributed by atoms with Crippen molar-refractivity contribution in [2.75, 3.05) is 0 Å². The molecular weight excluding hydrogens is 164 g/mol. The molecule has 0 aliphatic heterocycles. The monoisotopic (exact) mass is 184 g/mol. The fourth-order valence-corrected chi connectivity index (χ4v) is 4.33. The van der Waals surface area contributed by atoms with Crippen LogP contribution in [0.5, 0.6) is 0 Å².